The molecule has 0 aromatic carbocycles. The van der Waals surface area contributed by atoms with Crippen molar-refractivity contribution in [3.63, 3.8) is 0 Å². The average molecular weight is 350 g/mol. The van der Waals surface area contributed by atoms with Crippen molar-refractivity contribution in [1.29, 1.82) is 0 Å². The van der Waals surface area contributed by atoms with E-state index in [9.17, 15) is 9.59 Å². The van der Waals surface area contributed by atoms with Gasteiger partial charge in [0.05, 0.1) is 6.61 Å². The quantitative estimate of drug-likeness (QED) is 0.474. The van der Waals surface area contributed by atoms with Crippen molar-refractivity contribution in [2.45, 2.75) is 84.0 Å². The maximum absolute atomic E-state index is 12.4. The smallest absolute Gasteiger partial charge is 0.305 e. The van der Waals surface area contributed by atoms with Gasteiger partial charge in [0, 0.05) is 19.4 Å². The first-order chi connectivity index (χ1) is 12.1. The molecule has 0 aromatic rings. The number of carbonyl (C=O) groups excluding carboxylic acids is 2. The van der Waals surface area contributed by atoms with E-state index < -0.39 is 0 Å². The lowest BCUT2D eigenvalue weighted by molar-refractivity contribution is -0.144. The second-order valence-corrected chi connectivity index (χ2v) is 8.98. The molecule has 0 atom stereocenters. The fourth-order valence-corrected chi connectivity index (χ4v) is 5.98. The first kappa shape index (κ1) is 18.7. The molecular weight excluding hydrogens is 314 g/mol. The molecule has 0 radical (unpaired) electrons. The Hall–Kier alpha value is -1.06. The van der Waals surface area contributed by atoms with E-state index in [1.807, 2.05) is 0 Å². The molecule has 0 aromatic heterocycles. The van der Waals surface area contributed by atoms with Crippen molar-refractivity contribution in [1.82, 2.24) is 5.32 Å². The number of unbranched alkanes of at least 4 members (excludes halogenated alkanes) is 2. The fourth-order valence-electron chi connectivity index (χ4n) is 5.98. The third-order valence-corrected chi connectivity index (χ3v) is 6.59. The minimum Gasteiger partial charge on any atom is -0.466 e. The molecule has 25 heavy (non-hydrogen) atoms. The monoisotopic (exact) mass is 349 g/mol. The first-order valence-corrected chi connectivity index (χ1v) is 10.5. The van der Waals surface area contributed by atoms with Gasteiger partial charge in [-0.2, -0.15) is 0 Å². The molecule has 4 aliphatic carbocycles. The summed E-state index contributed by atoms with van der Waals surface area (Å²) >= 11 is 0. The zero-order valence-corrected chi connectivity index (χ0v) is 15.9. The van der Waals surface area contributed by atoms with Crippen LogP contribution in [0.5, 0.6) is 0 Å². The summed E-state index contributed by atoms with van der Waals surface area (Å²) < 4.78 is 5.19. The van der Waals surface area contributed by atoms with Gasteiger partial charge in [0.15, 0.2) is 0 Å². The largest absolute Gasteiger partial charge is 0.466 e. The lowest BCUT2D eigenvalue weighted by Crippen LogP contribution is -2.48. The topological polar surface area (TPSA) is 55.4 Å². The van der Waals surface area contributed by atoms with Crippen molar-refractivity contribution in [2.24, 2.45) is 23.2 Å². The van der Waals surface area contributed by atoms with Crippen molar-refractivity contribution in [2.75, 3.05) is 13.2 Å². The number of carbonyl (C=O) groups is 2. The van der Waals surface area contributed by atoms with Crippen LogP contribution in [0.1, 0.15) is 84.0 Å². The number of hydrogen-bond acceptors (Lipinski definition) is 3. The van der Waals surface area contributed by atoms with Crippen molar-refractivity contribution >= 4 is 11.9 Å². The fraction of sp³-hybridized carbons (Fsp3) is 0.905. The molecule has 4 nitrogen and oxygen atoms in total. The SMILES string of the molecule is CCCCCOC(=O)CCCNC(=O)CC12CC3CC(CC(C3)C1)C2. The standard InChI is InChI=1S/C21H35NO3/c1-2-3-4-8-25-20(24)6-5-7-22-19(23)15-21-12-16-9-17(13-21)11-18(10-16)14-21/h16-18H,2-15H2,1H3,(H,22,23). The van der Waals surface area contributed by atoms with E-state index >= 15 is 0 Å². The van der Waals surface area contributed by atoms with Gasteiger partial charge >= 0.3 is 5.97 Å². The third kappa shape index (κ3) is 5.21. The lowest BCUT2D eigenvalue weighted by atomic mass is 9.49. The van der Waals surface area contributed by atoms with E-state index in [-0.39, 0.29) is 11.9 Å². The summed E-state index contributed by atoms with van der Waals surface area (Å²) in [6.45, 7) is 3.26. The van der Waals surface area contributed by atoms with Gasteiger partial charge in [0.2, 0.25) is 5.91 Å². The molecule has 0 saturated heterocycles. The molecule has 4 heteroatoms. The molecule has 4 rings (SSSR count). The van der Waals surface area contributed by atoms with Crippen LogP contribution in [0, 0.1) is 23.2 Å². The van der Waals surface area contributed by atoms with Gasteiger partial charge < -0.3 is 10.1 Å². The van der Waals surface area contributed by atoms with Crippen LogP contribution in [-0.4, -0.2) is 25.0 Å². The van der Waals surface area contributed by atoms with Crippen molar-refractivity contribution in [3.05, 3.63) is 0 Å². The number of amides is 1. The molecule has 1 amide bonds. The van der Waals surface area contributed by atoms with E-state index in [1.54, 1.807) is 0 Å². The predicted molar refractivity (Wildman–Crippen MR) is 97.9 cm³/mol. The van der Waals surface area contributed by atoms with Gasteiger partial charge in [-0.25, -0.2) is 0 Å². The summed E-state index contributed by atoms with van der Waals surface area (Å²) in [6.07, 6.45) is 13.1. The normalized spacial score (nSPS) is 32.6. The van der Waals surface area contributed by atoms with Crippen LogP contribution in [0.25, 0.3) is 0 Å². The summed E-state index contributed by atoms with van der Waals surface area (Å²) in [6, 6.07) is 0. The molecule has 142 valence electrons. The van der Waals surface area contributed by atoms with Gasteiger partial charge in [-0.15, -0.1) is 0 Å². The molecule has 0 heterocycles. The molecule has 0 aliphatic heterocycles. The Balaban J connectivity index is 1.29. The van der Waals surface area contributed by atoms with Gasteiger partial charge in [-0.3, -0.25) is 9.59 Å². The molecule has 4 saturated carbocycles. The van der Waals surface area contributed by atoms with Crippen molar-refractivity contribution < 1.29 is 14.3 Å². The van der Waals surface area contributed by atoms with E-state index in [4.69, 9.17) is 4.74 Å². The van der Waals surface area contributed by atoms with Gasteiger partial charge in [-0.05, 0) is 74.5 Å². The molecule has 4 fully saturated rings. The maximum Gasteiger partial charge on any atom is 0.305 e. The van der Waals surface area contributed by atoms with Crippen LogP contribution >= 0.6 is 0 Å². The van der Waals surface area contributed by atoms with E-state index in [0.717, 1.165) is 37.0 Å². The van der Waals surface area contributed by atoms with Crippen LogP contribution in [0.2, 0.25) is 0 Å². The van der Waals surface area contributed by atoms with Crippen LogP contribution in [0.15, 0.2) is 0 Å². The average Bonchev–Trinajstić information content (AvgIpc) is 2.54. The van der Waals surface area contributed by atoms with Gasteiger partial charge in [0.25, 0.3) is 0 Å². The number of hydrogen-bond donors (Lipinski definition) is 1. The highest BCUT2D eigenvalue weighted by Gasteiger charge is 2.51. The second kappa shape index (κ2) is 8.55. The predicted octanol–water partition coefficient (Wildman–Crippen LogP) is 4.22. The Morgan fingerprint density at radius 1 is 1.00 bits per heavy atom. The summed E-state index contributed by atoms with van der Waals surface area (Å²) in [4.78, 5) is 24.0. The van der Waals surface area contributed by atoms with Crippen LogP contribution < -0.4 is 5.32 Å². The Morgan fingerprint density at radius 3 is 2.24 bits per heavy atom. The molecule has 1 N–H and O–H groups in total. The summed E-state index contributed by atoms with van der Waals surface area (Å²) in [5.41, 5.74) is 0.303. The Kier molecular flexibility index (Phi) is 6.40. The lowest BCUT2D eigenvalue weighted by Gasteiger charge is -2.56. The van der Waals surface area contributed by atoms with E-state index in [1.165, 1.54) is 38.5 Å². The van der Waals surface area contributed by atoms with Gasteiger partial charge in [-0.1, -0.05) is 19.8 Å². The molecular formula is C21H35NO3. The Labute approximate surface area is 152 Å². The third-order valence-electron chi connectivity index (χ3n) is 6.59. The highest BCUT2D eigenvalue weighted by Crippen LogP contribution is 2.61. The van der Waals surface area contributed by atoms with E-state index in [0.29, 0.717) is 37.8 Å². The highest BCUT2D eigenvalue weighted by atomic mass is 16.5. The zero-order chi connectivity index (χ0) is 17.7. The zero-order valence-electron chi connectivity index (χ0n) is 15.9. The van der Waals surface area contributed by atoms with E-state index in [2.05, 4.69) is 12.2 Å². The van der Waals surface area contributed by atoms with Crippen LogP contribution in [0.3, 0.4) is 0 Å². The van der Waals surface area contributed by atoms with Gasteiger partial charge in [0.1, 0.15) is 0 Å². The molecule has 0 spiro atoms. The Morgan fingerprint density at radius 2 is 1.64 bits per heavy atom. The van der Waals surface area contributed by atoms with Crippen LogP contribution in [-0.2, 0) is 14.3 Å². The number of esters is 1. The summed E-state index contributed by atoms with van der Waals surface area (Å²) in [5, 5.41) is 3.04. The number of nitrogens with one attached hydrogen (secondary N) is 1. The Bertz CT molecular complexity index is 438. The van der Waals surface area contributed by atoms with Crippen molar-refractivity contribution in [3.8, 4) is 0 Å². The molecule has 0 unspecified atom stereocenters. The highest BCUT2D eigenvalue weighted by molar-refractivity contribution is 5.77. The molecule has 4 bridgehead atoms. The minimum absolute atomic E-state index is 0.133. The minimum atomic E-state index is -0.133. The van der Waals surface area contributed by atoms with Crippen LogP contribution in [0.4, 0.5) is 0 Å². The molecule has 4 aliphatic rings. The maximum atomic E-state index is 12.4. The second-order valence-electron chi connectivity index (χ2n) is 8.98. The summed E-state index contributed by atoms with van der Waals surface area (Å²) in [7, 11) is 0. The number of rotatable bonds is 10. The first-order valence-electron chi connectivity index (χ1n) is 10.5. The number of ether oxygens (including phenoxy) is 1. The summed E-state index contributed by atoms with van der Waals surface area (Å²) in [5.74, 6) is 2.73.